The number of unbranched alkanes of at least 4 members (excludes halogenated alkanes) is 2. The third kappa shape index (κ3) is 13.4. The summed E-state index contributed by atoms with van der Waals surface area (Å²) in [5.41, 5.74) is 3.36. The minimum absolute atomic E-state index is 0.0555. The number of hydrogen-bond donors (Lipinski definition) is 0. The highest BCUT2D eigenvalue weighted by Gasteiger charge is 2.38. The smallest absolute Gasteiger partial charge is 0.421 e. The van der Waals surface area contributed by atoms with E-state index in [9.17, 15) is 26.3 Å². The number of benzene rings is 4. The van der Waals surface area contributed by atoms with Gasteiger partial charge in [0.2, 0.25) is 0 Å². The van der Waals surface area contributed by atoms with Gasteiger partial charge in [0.25, 0.3) is 0 Å². The van der Waals surface area contributed by atoms with Crippen molar-refractivity contribution >= 4 is 23.0 Å². The molecule has 6 rings (SSSR count). The predicted octanol–water partition coefficient (Wildman–Crippen LogP) is 13.5. The van der Waals surface area contributed by atoms with E-state index in [0.717, 1.165) is 66.0 Å². The first-order chi connectivity index (χ1) is 30.0. The van der Waals surface area contributed by atoms with Crippen LogP contribution in [0.1, 0.15) is 94.2 Å². The third-order valence-corrected chi connectivity index (χ3v) is 10.0. The Kier molecular flexibility index (Phi) is 16.5. The molecular weight excluding hydrogens is 819 g/mol. The van der Waals surface area contributed by atoms with Crippen molar-refractivity contribution in [2.75, 3.05) is 22.9 Å². The molecule has 0 spiro atoms. The average Bonchev–Trinajstić information content (AvgIpc) is 3.26. The number of anilines is 4. The standard InChI is InChI=1S/C25H28F3N3O.C24H26F3N3O/c1-3-5-7-14-20-15-10-11-16-22(20)31(4-2)23-21(25(26,27)28)17-29-24(30-23)32-18-19-12-8-6-9-13-19;1-5-30(19-13-11-18(12-14-19)23(2,3)4)21-20(24(25,26)27)15-28-22(29-21)31-16-17-9-7-6-8-10-17/h6,8-13,15-17H,3-5,7,14,18H2,1-2H3;6-15H,5,16H2,1-4H3. The Morgan fingerprint density at radius 2 is 1.00 bits per heavy atom. The molecule has 63 heavy (non-hydrogen) atoms. The Bertz CT molecular complexity index is 2320. The minimum Gasteiger partial charge on any atom is -0.459 e. The van der Waals surface area contributed by atoms with Crippen molar-refractivity contribution in [1.82, 2.24) is 19.9 Å². The maximum atomic E-state index is 13.8. The van der Waals surface area contributed by atoms with Crippen molar-refractivity contribution in [2.45, 2.75) is 98.2 Å². The van der Waals surface area contributed by atoms with Crippen LogP contribution in [0.4, 0.5) is 49.4 Å². The molecule has 0 bridgehead atoms. The quantitative estimate of drug-likeness (QED) is 0.0703. The van der Waals surface area contributed by atoms with Gasteiger partial charge in [0, 0.05) is 36.9 Å². The molecule has 0 aliphatic carbocycles. The molecule has 8 nitrogen and oxygen atoms in total. The van der Waals surface area contributed by atoms with E-state index in [1.807, 2.05) is 116 Å². The van der Waals surface area contributed by atoms with Crippen LogP contribution < -0.4 is 19.3 Å². The number of hydrogen-bond acceptors (Lipinski definition) is 8. The van der Waals surface area contributed by atoms with E-state index in [1.165, 1.54) is 4.90 Å². The number of aromatic nitrogens is 4. The van der Waals surface area contributed by atoms with Gasteiger partial charge in [-0.3, -0.25) is 0 Å². The summed E-state index contributed by atoms with van der Waals surface area (Å²) >= 11 is 0. The minimum atomic E-state index is -4.59. The van der Waals surface area contributed by atoms with Crippen LogP contribution in [0.5, 0.6) is 12.0 Å². The van der Waals surface area contributed by atoms with Crippen molar-refractivity contribution in [2.24, 2.45) is 0 Å². The first-order valence-electron chi connectivity index (χ1n) is 21.0. The summed E-state index contributed by atoms with van der Waals surface area (Å²) in [6.07, 6.45) is -3.66. The van der Waals surface area contributed by atoms with E-state index in [0.29, 0.717) is 18.8 Å². The lowest BCUT2D eigenvalue weighted by molar-refractivity contribution is -0.138. The van der Waals surface area contributed by atoms with Crippen LogP contribution in [-0.2, 0) is 37.4 Å². The Morgan fingerprint density at radius 1 is 0.540 bits per heavy atom. The zero-order valence-corrected chi connectivity index (χ0v) is 36.5. The first kappa shape index (κ1) is 47.9. The molecule has 14 heteroatoms. The van der Waals surface area contributed by atoms with Gasteiger partial charge in [0.15, 0.2) is 11.6 Å². The van der Waals surface area contributed by atoms with E-state index in [-0.39, 0.29) is 42.3 Å². The second-order valence-electron chi connectivity index (χ2n) is 15.7. The number of rotatable bonds is 16. The normalized spacial score (nSPS) is 11.7. The maximum Gasteiger partial charge on any atom is 0.421 e. The van der Waals surface area contributed by atoms with Crippen LogP contribution in [0.25, 0.3) is 0 Å². The number of nitrogens with zero attached hydrogens (tertiary/aromatic N) is 6. The average molecular weight is 873 g/mol. The highest BCUT2D eigenvalue weighted by atomic mass is 19.4. The molecule has 334 valence electrons. The second kappa shape index (κ2) is 21.8. The highest BCUT2D eigenvalue weighted by molar-refractivity contribution is 5.67. The summed E-state index contributed by atoms with van der Waals surface area (Å²) in [5.74, 6) is -0.419. The zero-order chi connectivity index (χ0) is 45.6. The van der Waals surface area contributed by atoms with Crippen molar-refractivity contribution < 1.29 is 35.8 Å². The lowest BCUT2D eigenvalue weighted by atomic mass is 9.87. The van der Waals surface area contributed by atoms with Gasteiger partial charge in [-0.25, -0.2) is 9.97 Å². The Morgan fingerprint density at radius 3 is 1.44 bits per heavy atom. The van der Waals surface area contributed by atoms with Crippen LogP contribution in [0, 0.1) is 0 Å². The molecule has 0 aliphatic rings. The molecule has 0 saturated heterocycles. The molecule has 2 heterocycles. The fraction of sp³-hybridized carbons (Fsp3) is 0.347. The van der Waals surface area contributed by atoms with E-state index in [2.05, 4.69) is 47.6 Å². The molecule has 0 aliphatic heterocycles. The van der Waals surface area contributed by atoms with Crippen LogP contribution in [-0.4, -0.2) is 33.0 Å². The summed E-state index contributed by atoms with van der Waals surface area (Å²) in [5, 5.41) is 0. The molecule has 0 amide bonds. The number of halogens is 6. The van der Waals surface area contributed by atoms with Gasteiger partial charge >= 0.3 is 24.4 Å². The number of alkyl halides is 6. The van der Waals surface area contributed by atoms with Gasteiger partial charge in [-0.2, -0.15) is 36.3 Å². The van der Waals surface area contributed by atoms with E-state index < -0.39 is 23.5 Å². The summed E-state index contributed by atoms with van der Waals surface area (Å²) in [6.45, 7) is 12.9. The second-order valence-corrected chi connectivity index (χ2v) is 15.7. The molecule has 0 atom stereocenters. The first-order valence-corrected chi connectivity index (χ1v) is 21.0. The highest BCUT2D eigenvalue weighted by Crippen LogP contribution is 2.41. The largest absolute Gasteiger partial charge is 0.459 e. The Balaban J connectivity index is 0.000000238. The Labute approximate surface area is 366 Å². The summed E-state index contributed by atoms with van der Waals surface area (Å²) in [7, 11) is 0. The van der Waals surface area contributed by atoms with Crippen LogP contribution in [0.3, 0.4) is 0 Å². The topological polar surface area (TPSA) is 76.5 Å². The monoisotopic (exact) mass is 872 g/mol. The van der Waals surface area contributed by atoms with Gasteiger partial charge in [0.1, 0.15) is 24.3 Å². The van der Waals surface area contributed by atoms with E-state index >= 15 is 0 Å². The lowest BCUT2D eigenvalue weighted by Crippen LogP contribution is -2.24. The fourth-order valence-electron chi connectivity index (χ4n) is 6.69. The third-order valence-electron chi connectivity index (χ3n) is 10.0. The number of aryl methyl sites for hydroxylation is 1. The lowest BCUT2D eigenvalue weighted by Gasteiger charge is -2.27. The molecule has 4 aromatic carbocycles. The summed E-state index contributed by atoms with van der Waals surface area (Å²) in [4.78, 5) is 19.1. The van der Waals surface area contributed by atoms with Crippen LogP contribution >= 0.6 is 0 Å². The number of ether oxygens (including phenoxy) is 2. The van der Waals surface area contributed by atoms with Gasteiger partial charge in [-0.05, 0) is 72.6 Å². The van der Waals surface area contributed by atoms with Crippen molar-refractivity contribution in [3.8, 4) is 12.0 Å². The fourth-order valence-corrected chi connectivity index (χ4v) is 6.69. The summed E-state index contributed by atoms with van der Waals surface area (Å²) in [6, 6.07) is 33.5. The number of para-hydroxylation sites is 1. The molecular formula is C49H54F6N6O2. The van der Waals surface area contributed by atoms with Crippen molar-refractivity contribution in [3.63, 3.8) is 0 Å². The van der Waals surface area contributed by atoms with Crippen LogP contribution in [0.15, 0.2) is 122 Å². The zero-order valence-electron chi connectivity index (χ0n) is 36.5. The van der Waals surface area contributed by atoms with E-state index in [1.54, 1.807) is 11.8 Å². The Hall–Kier alpha value is -6.18. The van der Waals surface area contributed by atoms with Crippen LogP contribution in [0.2, 0.25) is 0 Å². The molecule has 0 saturated carbocycles. The van der Waals surface area contributed by atoms with E-state index in [4.69, 9.17) is 9.47 Å². The molecule has 2 aromatic heterocycles. The van der Waals surface area contributed by atoms with Crippen molar-refractivity contribution in [3.05, 3.63) is 155 Å². The summed E-state index contributed by atoms with van der Waals surface area (Å²) < 4.78 is 93.9. The molecule has 0 unspecified atom stereocenters. The van der Waals surface area contributed by atoms with Gasteiger partial charge in [-0.15, -0.1) is 0 Å². The SMILES string of the molecule is CCCCCc1ccccc1N(CC)c1nc(OCc2ccccc2)ncc1C(F)(F)F.CCN(c1ccc(C(C)(C)C)cc1)c1nc(OCc2ccccc2)ncc1C(F)(F)F. The molecule has 6 aromatic rings. The maximum absolute atomic E-state index is 13.8. The molecule has 0 N–H and O–H groups in total. The van der Waals surface area contributed by atoms with Gasteiger partial charge in [-0.1, -0.05) is 132 Å². The predicted molar refractivity (Wildman–Crippen MR) is 236 cm³/mol. The van der Waals surface area contributed by atoms with Gasteiger partial charge in [0.05, 0.1) is 0 Å². The van der Waals surface area contributed by atoms with Crippen molar-refractivity contribution in [1.29, 1.82) is 0 Å². The van der Waals surface area contributed by atoms with Gasteiger partial charge < -0.3 is 19.3 Å². The molecule has 0 radical (unpaired) electrons. The molecule has 0 fully saturated rings.